The van der Waals surface area contributed by atoms with Crippen molar-refractivity contribution in [2.75, 3.05) is 0 Å². The van der Waals surface area contributed by atoms with Crippen LogP contribution in [-0.2, 0) is 4.79 Å². The van der Waals surface area contributed by atoms with Crippen molar-refractivity contribution in [1.82, 2.24) is 0 Å². The maximum absolute atomic E-state index is 12.0. The molecule has 1 aromatic carbocycles. The molecule has 0 spiro atoms. The van der Waals surface area contributed by atoms with E-state index in [0.717, 1.165) is 12.8 Å². The van der Waals surface area contributed by atoms with E-state index >= 15 is 0 Å². The monoisotopic (exact) mass is 234 g/mol. The lowest BCUT2D eigenvalue weighted by atomic mass is 9.95. The average molecular weight is 234 g/mol. The molecule has 0 radical (unpaired) electrons. The Hall–Kier alpha value is -1.64. The second-order valence-electron chi connectivity index (χ2n) is 4.18. The lowest BCUT2D eigenvalue weighted by molar-refractivity contribution is -0.131. The molecule has 92 valence electrons. The first kappa shape index (κ1) is 13.4. The van der Waals surface area contributed by atoms with Crippen LogP contribution in [0.5, 0.6) is 5.75 Å². The highest BCUT2D eigenvalue weighted by Gasteiger charge is 2.14. The standard InChI is InChI=1S/C14H18O3/c1-4-6-10(2)14(16)12-7-5-8-13(9-12)17-11(3)15/h5,7-10H,4,6H2,1-3H3. The van der Waals surface area contributed by atoms with Crippen LogP contribution < -0.4 is 4.74 Å². The lowest BCUT2D eigenvalue weighted by Gasteiger charge is -2.09. The van der Waals surface area contributed by atoms with Crippen LogP contribution in [0, 0.1) is 5.92 Å². The number of rotatable bonds is 5. The summed E-state index contributed by atoms with van der Waals surface area (Å²) >= 11 is 0. The number of ketones is 1. The molecule has 1 atom stereocenters. The summed E-state index contributed by atoms with van der Waals surface area (Å²) in [6.45, 7) is 5.32. The van der Waals surface area contributed by atoms with Crippen LogP contribution >= 0.6 is 0 Å². The Bertz CT molecular complexity index is 410. The van der Waals surface area contributed by atoms with Gasteiger partial charge >= 0.3 is 5.97 Å². The fraction of sp³-hybridized carbons (Fsp3) is 0.429. The zero-order chi connectivity index (χ0) is 12.8. The number of esters is 1. The molecular weight excluding hydrogens is 216 g/mol. The molecule has 17 heavy (non-hydrogen) atoms. The van der Waals surface area contributed by atoms with E-state index in [4.69, 9.17) is 4.74 Å². The number of ether oxygens (including phenoxy) is 1. The summed E-state index contributed by atoms with van der Waals surface area (Å²) in [5.41, 5.74) is 0.602. The highest BCUT2D eigenvalue weighted by molar-refractivity contribution is 5.98. The summed E-state index contributed by atoms with van der Waals surface area (Å²) in [6.07, 6.45) is 1.85. The molecule has 0 saturated carbocycles. The first-order valence-corrected chi connectivity index (χ1v) is 5.87. The van der Waals surface area contributed by atoms with Crippen molar-refractivity contribution in [3.63, 3.8) is 0 Å². The smallest absolute Gasteiger partial charge is 0.308 e. The molecule has 0 N–H and O–H groups in total. The minimum Gasteiger partial charge on any atom is -0.427 e. The lowest BCUT2D eigenvalue weighted by Crippen LogP contribution is -2.11. The topological polar surface area (TPSA) is 43.4 Å². The molecule has 0 aromatic heterocycles. The summed E-state index contributed by atoms with van der Waals surface area (Å²) in [7, 11) is 0. The van der Waals surface area contributed by atoms with Crippen molar-refractivity contribution in [1.29, 1.82) is 0 Å². The van der Waals surface area contributed by atoms with Gasteiger partial charge in [0.15, 0.2) is 5.78 Å². The second-order valence-corrected chi connectivity index (χ2v) is 4.18. The predicted molar refractivity (Wildman–Crippen MR) is 66.2 cm³/mol. The van der Waals surface area contributed by atoms with Crippen LogP contribution in [0.25, 0.3) is 0 Å². The molecule has 0 saturated heterocycles. The molecule has 1 unspecified atom stereocenters. The largest absolute Gasteiger partial charge is 0.427 e. The van der Waals surface area contributed by atoms with Gasteiger partial charge in [-0.1, -0.05) is 32.4 Å². The minimum atomic E-state index is -0.379. The van der Waals surface area contributed by atoms with Gasteiger partial charge in [0.1, 0.15) is 5.75 Å². The van der Waals surface area contributed by atoms with E-state index < -0.39 is 0 Å². The van der Waals surface area contributed by atoms with Gasteiger partial charge in [-0.2, -0.15) is 0 Å². The molecular formula is C14H18O3. The molecule has 0 bridgehead atoms. The Morgan fingerprint density at radius 3 is 2.65 bits per heavy atom. The number of hydrogen-bond acceptors (Lipinski definition) is 3. The first-order chi connectivity index (χ1) is 8.04. The second kappa shape index (κ2) is 6.18. The average Bonchev–Trinajstić information content (AvgIpc) is 2.28. The molecule has 0 aliphatic heterocycles. The van der Waals surface area contributed by atoms with Crippen molar-refractivity contribution in [3.05, 3.63) is 29.8 Å². The van der Waals surface area contributed by atoms with Gasteiger partial charge in [-0.3, -0.25) is 9.59 Å². The molecule has 0 aliphatic carbocycles. The summed E-state index contributed by atoms with van der Waals surface area (Å²) in [5, 5.41) is 0. The van der Waals surface area contributed by atoms with Gasteiger partial charge in [-0.05, 0) is 18.6 Å². The number of carbonyl (C=O) groups excluding carboxylic acids is 2. The molecule has 1 rings (SSSR count). The van der Waals surface area contributed by atoms with E-state index in [0.29, 0.717) is 11.3 Å². The summed E-state index contributed by atoms with van der Waals surface area (Å²) in [6, 6.07) is 6.77. The molecule has 0 heterocycles. The van der Waals surface area contributed by atoms with E-state index in [1.165, 1.54) is 6.92 Å². The third-order valence-corrected chi connectivity index (χ3v) is 2.55. The maximum atomic E-state index is 12.0. The maximum Gasteiger partial charge on any atom is 0.308 e. The van der Waals surface area contributed by atoms with E-state index in [1.54, 1.807) is 24.3 Å². The van der Waals surface area contributed by atoms with Gasteiger partial charge in [0.05, 0.1) is 0 Å². The number of benzene rings is 1. The van der Waals surface area contributed by atoms with Gasteiger partial charge in [0, 0.05) is 18.4 Å². The van der Waals surface area contributed by atoms with Gasteiger partial charge in [0.2, 0.25) is 0 Å². The molecule has 3 heteroatoms. The molecule has 0 amide bonds. The fourth-order valence-corrected chi connectivity index (χ4v) is 1.73. The van der Waals surface area contributed by atoms with Crippen LogP contribution in [0.4, 0.5) is 0 Å². The Morgan fingerprint density at radius 1 is 1.35 bits per heavy atom. The first-order valence-electron chi connectivity index (χ1n) is 5.87. The van der Waals surface area contributed by atoms with Crippen molar-refractivity contribution in [2.45, 2.75) is 33.6 Å². The molecule has 0 fully saturated rings. The van der Waals surface area contributed by atoms with Gasteiger partial charge in [-0.25, -0.2) is 0 Å². The van der Waals surface area contributed by atoms with Crippen LogP contribution in [0.3, 0.4) is 0 Å². The van der Waals surface area contributed by atoms with E-state index in [1.807, 2.05) is 6.92 Å². The number of Topliss-reactive ketones (excluding diaryl/α,β-unsaturated/α-hetero) is 1. The van der Waals surface area contributed by atoms with E-state index in [9.17, 15) is 9.59 Å². The summed E-state index contributed by atoms with van der Waals surface area (Å²) < 4.78 is 4.95. The van der Waals surface area contributed by atoms with Crippen LogP contribution in [0.1, 0.15) is 44.0 Å². The molecule has 1 aromatic rings. The predicted octanol–water partition coefficient (Wildman–Crippen LogP) is 3.23. The number of carbonyl (C=O) groups is 2. The summed E-state index contributed by atoms with van der Waals surface area (Å²) in [5.74, 6) is 0.150. The zero-order valence-electron chi connectivity index (χ0n) is 10.5. The Balaban J connectivity index is 2.83. The van der Waals surface area contributed by atoms with Crippen molar-refractivity contribution < 1.29 is 14.3 Å². The quantitative estimate of drug-likeness (QED) is 0.446. The van der Waals surface area contributed by atoms with E-state index in [-0.39, 0.29) is 17.7 Å². The van der Waals surface area contributed by atoms with Crippen molar-refractivity contribution in [3.8, 4) is 5.75 Å². The Morgan fingerprint density at radius 2 is 2.06 bits per heavy atom. The Labute approximate surface area is 102 Å². The summed E-state index contributed by atoms with van der Waals surface area (Å²) in [4.78, 5) is 22.9. The third-order valence-electron chi connectivity index (χ3n) is 2.55. The molecule has 3 nitrogen and oxygen atoms in total. The van der Waals surface area contributed by atoms with Crippen LogP contribution in [0.2, 0.25) is 0 Å². The van der Waals surface area contributed by atoms with Crippen LogP contribution in [-0.4, -0.2) is 11.8 Å². The van der Waals surface area contributed by atoms with Crippen molar-refractivity contribution >= 4 is 11.8 Å². The Kier molecular flexibility index (Phi) is 4.88. The highest BCUT2D eigenvalue weighted by Crippen LogP contribution is 2.18. The fourth-order valence-electron chi connectivity index (χ4n) is 1.73. The van der Waals surface area contributed by atoms with Gasteiger partial charge in [0.25, 0.3) is 0 Å². The van der Waals surface area contributed by atoms with Crippen molar-refractivity contribution in [2.24, 2.45) is 5.92 Å². The van der Waals surface area contributed by atoms with E-state index in [2.05, 4.69) is 6.92 Å². The minimum absolute atomic E-state index is 0.00702. The highest BCUT2D eigenvalue weighted by atomic mass is 16.5. The van der Waals surface area contributed by atoms with Gasteiger partial charge in [-0.15, -0.1) is 0 Å². The third kappa shape index (κ3) is 4.02. The SMILES string of the molecule is CCCC(C)C(=O)c1cccc(OC(C)=O)c1. The zero-order valence-corrected chi connectivity index (χ0v) is 10.5. The molecule has 0 aliphatic rings. The van der Waals surface area contributed by atoms with Crippen LogP contribution in [0.15, 0.2) is 24.3 Å². The van der Waals surface area contributed by atoms with Gasteiger partial charge < -0.3 is 4.74 Å². The number of hydrogen-bond donors (Lipinski definition) is 0. The normalized spacial score (nSPS) is 11.9.